The number of aliphatic hydroxyl groups excluding tert-OH is 1. The van der Waals surface area contributed by atoms with Crippen LogP contribution in [0.1, 0.15) is 16.8 Å². The minimum atomic E-state index is -1.26. The first-order valence-corrected chi connectivity index (χ1v) is 8.41. The number of para-hydroxylation sites is 1. The third kappa shape index (κ3) is 3.65. The lowest BCUT2D eigenvalue weighted by atomic mass is 9.94. The number of ketones is 1. The average molecular weight is 371 g/mol. The van der Waals surface area contributed by atoms with Gasteiger partial charge in [0.2, 0.25) is 5.78 Å². The Bertz CT molecular complexity index is 870. The number of ether oxygens (including phenoxy) is 1. The molecule has 1 heterocycles. The van der Waals surface area contributed by atoms with Gasteiger partial charge in [-0.1, -0.05) is 6.07 Å². The molecule has 2 aliphatic rings. The zero-order chi connectivity index (χ0) is 19.6. The number of nitrogens with one attached hydrogen (secondary N) is 2. The maximum absolute atomic E-state index is 12.1. The summed E-state index contributed by atoms with van der Waals surface area (Å²) in [5.74, 6) is -0.449. The summed E-state index contributed by atoms with van der Waals surface area (Å²) in [6.45, 7) is 0.306. The smallest absolute Gasteiger partial charge is 0.257 e. The van der Waals surface area contributed by atoms with Crippen LogP contribution in [0.5, 0.6) is 5.75 Å². The van der Waals surface area contributed by atoms with Gasteiger partial charge in [-0.15, -0.1) is 0 Å². The van der Waals surface area contributed by atoms with Crippen LogP contribution in [0, 0.1) is 0 Å². The number of aromatic hydroxyl groups is 1. The Labute approximate surface area is 156 Å². The molecule has 0 saturated heterocycles. The number of carbonyl (C=O) groups is 2. The van der Waals surface area contributed by atoms with Crippen molar-refractivity contribution >= 4 is 17.4 Å². The predicted molar refractivity (Wildman–Crippen MR) is 98.7 cm³/mol. The molecule has 0 bridgehead atoms. The summed E-state index contributed by atoms with van der Waals surface area (Å²) in [4.78, 5) is 25.5. The third-order valence-electron chi connectivity index (χ3n) is 4.22. The van der Waals surface area contributed by atoms with Gasteiger partial charge in [-0.2, -0.15) is 0 Å². The fraction of sp³-hybridized carbons (Fsp3) is 0.263. The number of phenolic OH excluding ortho intramolecular Hbond substituents is 1. The molecular weight excluding hydrogens is 350 g/mol. The van der Waals surface area contributed by atoms with Crippen LogP contribution >= 0.6 is 0 Å². The highest BCUT2D eigenvalue weighted by Crippen LogP contribution is 2.32. The Morgan fingerprint density at radius 2 is 2.15 bits per heavy atom. The van der Waals surface area contributed by atoms with Crippen LogP contribution in [0.4, 0.5) is 5.69 Å². The Morgan fingerprint density at radius 1 is 1.37 bits per heavy atom. The highest BCUT2D eigenvalue weighted by molar-refractivity contribution is 6.11. The molecule has 0 spiro atoms. The van der Waals surface area contributed by atoms with Gasteiger partial charge in [0.25, 0.3) is 5.91 Å². The van der Waals surface area contributed by atoms with Gasteiger partial charge in [-0.3, -0.25) is 9.59 Å². The molecule has 0 saturated carbocycles. The summed E-state index contributed by atoms with van der Waals surface area (Å²) in [7, 11) is 3.16. The summed E-state index contributed by atoms with van der Waals surface area (Å²) in [5.41, 5.74) is 0.760. The van der Waals surface area contributed by atoms with Gasteiger partial charge in [-0.05, 0) is 30.7 Å². The first-order chi connectivity index (χ1) is 12.9. The van der Waals surface area contributed by atoms with Crippen molar-refractivity contribution in [2.24, 2.45) is 0 Å². The van der Waals surface area contributed by atoms with Gasteiger partial charge in [0.1, 0.15) is 11.5 Å². The molecule has 8 nitrogen and oxygen atoms in total. The lowest BCUT2D eigenvalue weighted by molar-refractivity contribution is -0.124. The van der Waals surface area contributed by atoms with Crippen LogP contribution in [0.2, 0.25) is 0 Å². The highest BCUT2D eigenvalue weighted by atomic mass is 16.5. The molecule has 8 heteroatoms. The second-order valence-corrected chi connectivity index (χ2v) is 6.33. The van der Waals surface area contributed by atoms with E-state index in [-0.39, 0.29) is 28.6 Å². The molecule has 3 rings (SSSR count). The van der Waals surface area contributed by atoms with Gasteiger partial charge in [-0.25, -0.2) is 0 Å². The fourth-order valence-electron chi connectivity index (χ4n) is 2.70. The van der Waals surface area contributed by atoms with E-state index in [1.807, 2.05) is 12.2 Å². The molecule has 0 aromatic heterocycles. The van der Waals surface area contributed by atoms with E-state index in [2.05, 4.69) is 10.6 Å². The number of hydrogen-bond donors (Lipinski definition) is 4. The van der Waals surface area contributed by atoms with E-state index < -0.39 is 11.9 Å². The van der Waals surface area contributed by atoms with Crippen molar-refractivity contribution in [2.45, 2.75) is 12.5 Å². The zero-order valence-corrected chi connectivity index (χ0v) is 15.0. The van der Waals surface area contributed by atoms with Crippen LogP contribution < -0.4 is 10.6 Å². The average Bonchev–Trinajstić information content (AvgIpc) is 2.68. The van der Waals surface area contributed by atoms with E-state index in [1.54, 1.807) is 32.5 Å². The number of hydrogen-bond acceptors (Lipinski definition) is 7. The number of allylic oxidation sites excluding steroid dienone is 2. The van der Waals surface area contributed by atoms with Crippen molar-refractivity contribution in [1.82, 2.24) is 10.2 Å². The summed E-state index contributed by atoms with van der Waals surface area (Å²) < 4.78 is 5.32. The first-order valence-electron chi connectivity index (χ1n) is 8.41. The minimum absolute atomic E-state index is 0.111. The summed E-state index contributed by atoms with van der Waals surface area (Å²) in [6, 6.07) is 4.63. The summed E-state index contributed by atoms with van der Waals surface area (Å²) in [5, 5.41) is 26.1. The van der Waals surface area contributed by atoms with Crippen LogP contribution in [0.25, 0.3) is 0 Å². The van der Waals surface area contributed by atoms with Gasteiger partial charge in [0.05, 0.1) is 29.8 Å². The van der Waals surface area contributed by atoms with E-state index >= 15 is 0 Å². The topological polar surface area (TPSA) is 111 Å². The number of rotatable bonds is 6. The molecule has 1 atom stereocenters. The number of aliphatic hydroxyl groups is 1. The Kier molecular flexibility index (Phi) is 5.18. The molecule has 0 fully saturated rings. The number of nitrogens with zero attached hydrogens (tertiary/aromatic N) is 1. The SMILES string of the molecule is CN(C)C(=O)c1cccc(NC2=C(NCC3=CCC=CO3)C(O)C2=O)c1O. The van der Waals surface area contributed by atoms with Crippen molar-refractivity contribution in [3.05, 3.63) is 59.3 Å². The lowest BCUT2D eigenvalue weighted by Crippen LogP contribution is -2.46. The first kappa shape index (κ1) is 18.5. The number of anilines is 1. The van der Waals surface area contributed by atoms with Gasteiger partial charge in [0.15, 0.2) is 11.9 Å². The normalized spacial score (nSPS) is 18.4. The Morgan fingerprint density at radius 3 is 2.81 bits per heavy atom. The summed E-state index contributed by atoms with van der Waals surface area (Å²) >= 11 is 0. The van der Waals surface area contributed by atoms with E-state index in [0.29, 0.717) is 18.0 Å². The molecule has 1 aliphatic heterocycles. The van der Waals surface area contributed by atoms with Crippen molar-refractivity contribution < 1.29 is 24.5 Å². The predicted octanol–water partition coefficient (Wildman–Crippen LogP) is 1.07. The van der Waals surface area contributed by atoms with Gasteiger partial charge < -0.3 is 30.5 Å². The molecule has 1 amide bonds. The Balaban J connectivity index is 1.79. The molecule has 1 aromatic carbocycles. The van der Waals surface area contributed by atoms with Crippen LogP contribution in [-0.2, 0) is 9.53 Å². The third-order valence-corrected chi connectivity index (χ3v) is 4.22. The van der Waals surface area contributed by atoms with Gasteiger partial charge >= 0.3 is 0 Å². The van der Waals surface area contributed by atoms with E-state index in [1.165, 1.54) is 11.0 Å². The van der Waals surface area contributed by atoms with Crippen molar-refractivity contribution in [3.8, 4) is 5.75 Å². The van der Waals surface area contributed by atoms with Crippen LogP contribution in [0.15, 0.2) is 53.8 Å². The molecule has 0 radical (unpaired) electrons. The van der Waals surface area contributed by atoms with Crippen molar-refractivity contribution in [2.75, 3.05) is 26.0 Å². The summed E-state index contributed by atoms with van der Waals surface area (Å²) in [6.07, 6.45) is 4.82. The number of carbonyl (C=O) groups excluding carboxylic acids is 2. The van der Waals surface area contributed by atoms with Crippen molar-refractivity contribution in [1.29, 1.82) is 0 Å². The molecule has 1 aromatic rings. The quantitative estimate of drug-likeness (QED) is 0.554. The fourth-order valence-corrected chi connectivity index (χ4v) is 2.70. The number of Topliss-reactive ketones (excluding diaryl/α,β-unsaturated/α-hetero) is 1. The van der Waals surface area contributed by atoms with E-state index in [9.17, 15) is 19.8 Å². The highest BCUT2D eigenvalue weighted by Gasteiger charge is 2.38. The molecule has 1 unspecified atom stereocenters. The molecular formula is C19H21N3O5. The molecule has 1 aliphatic carbocycles. The maximum Gasteiger partial charge on any atom is 0.257 e. The van der Waals surface area contributed by atoms with Gasteiger partial charge in [0, 0.05) is 14.1 Å². The monoisotopic (exact) mass is 371 g/mol. The second-order valence-electron chi connectivity index (χ2n) is 6.33. The largest absolute Gasteiger partial charge is 0.505 e. The van der Waals surface area contributed by atoms with Crippen molar-refractivity contribution in [3.63, 3.8) is 0 Å². The maximum atomic E-state index is 12.1. The minimum Gasteiger partial charge on any atom is -0.505 e. The zero-order valence-electron chi connectivity index (χ0n) is 15.0. The second kappa shape index (κ2) is 7.55. The number of phenols is 1. The number of amides is 1. The van der Waals surface area contributed by atoms with E-state index in [4.69, 9.17) is 4.74 Å². The molecule has 27 heavy (non-hydrogen) atoms. The number of benzene rings is 1. The molecule has 4 N–H and O–H groups in total. The Hall–Kier alpha value is -3.26. The lowest BCUT2D eigenvalue weighted by Gasteiger charge is -2.30. The van der Waals surface area contributed by atoms with Crippen LogP contribution in [-0.4, -0.2) is 53.5 Å². The standard InChI is InChI=1S/C19H21N3O5/c1-22(2)19(26)12-7-5-8-13(16(12)23)21-15-14(17(24)18(15)25)20-10-11-6-3-4-9-27-11/h4-9,17,20-21,23-24H,3,10H2,1-2H3. The molecule has 142 valence electrons. The van der Waals surface area contributed by atoms with Crippen LogP contribution in [0.3, 0.4) is 0 Å². The van der Waals surface area contributed by atoms with E-state index in [0.717, 1.165) is 6.42 Å².